The zero-order chi connectivity index (χ0) is 18.9. The van der Waals surface area contributed by atoms with E-state index in [1.165, 1.54) is 35.7 Å². The van der Waals surface area contributed by atoms with Crippen molar-refractivity contribution in [3.8, 4) is 11.2 Å². The number of thioether (sulfide) groups is 1. The molecule has 0 amide bonds. The molecule has 134 valence electrons. The summed E-state index contributed by atoms with van der Waals surface area (Å²) in [5.74, 6) is 2.18. The average molecular weight is 365 g/mol. The van der Waals surface area contributed by atoms with Gasteiger partial charge in [0.2, 0.25) is 0 Å². The fourth-order valence-corrected chi connectivity index (χ4v) is 4.07. The summed E-state index contributed by atoms with van der Waals surface area (Å²) in [6, 6.07) is 13.4. The highest BCUT2D eigenvalue weighted by Gasteiger charge is 2.36. The van der Waals surface area contributed by atoms with Crippen molar-refractivity contribution < 1.29 is 9.90 Å². The molecular weight excluding hydrogens is 340 g/mol. The number of carboxylic acid groups (broad SMARTS) is 1. The van der Waals surface area contributed by atoms with Crippen molar-refractivity contribution in [2.45, 2.75) is 56.3 Å². The standard InChI is InChI=1S/C23H24O2S/c1-22(2)12-13-23(3,4)20-15-18(9-10-19(20)22)26-14-11-16-5-7-17(8-6-16)21(24)25/h5-10,15H,12-13H2,1-4H3,(H,24,25). The minimum absolute atomic E-state index is 0.196. The average Bonchev–Trinajstić information content (AvgIpc) is 2.59. The van der Waals surface area contributed by atoms with Gasteiger partial charge in [-0.3, -0.25) is 0 Å². The monoisotopic (exact) mass is 364 g/mol. The predicted molar refractivity (Wildman–Crippen MR) is 108 cm³/mol. The summed E-state index contributed by atoms with van der Waals surface area (Å²) in [5, 5.41) is 12.1. The van der Waals surface area contributed by atoms with Gasteiger partial charge in [-0.15, -0.1) is 0 Å². The molecule has 0 saturated carbocycles. The Morgan fingerprint density at radius 1 is 0.962 bits per heavy atom. The molecule has 26 heavy (non-hydrogen) atoms. The molecule has 2 aromatic carbocycles. The molecule has 0 heterocycles. The van der Waals surface area contributed by atoms with Crippen LogP contribution in [0, 0.1) is 11.2 Å². The van der Waals surface area contributed by atoms with Gasteiger partial charge in [-0.25, -0.2) is 4.79 Å². The van der Waals surface area contributed by atoms with Crippen molar-refractivity contribution in [2.24, 2.45) is 0 Å². The van der Waals surface area contributed by atoms with E-state index >= 15 is 0 Å². The number of benzene rings is 2. The van der Waals surface area contributed by atoms with Crippen molar-refractivity contribution in [2.75, 3.05) is 0 Å². The van der Waals surface area contributed by atoms with E-state index < -0.39 is 5.97 Å². The Kier molecular flexibility index (Phi) is 4.90. The Morgan fingerprint density at radius 2 is 1.58 bits per heavy atom. The van der Waals surface area contributed by atoms with Crippen LogP contribution in [-0.2, 0) is 10.8 Å². The molecule has 0 spiro atoms. The van der Waals surface area contributed by atoms with Crippen LogP contribution in [0.4, 0.5) is 0 Å². The van der Waals surface area contributed by atoms with Gasteiger partial charge in [0.1, 0.15) is 0 Å². The Morgan fingerprint density at radius 3 is 2.19 bits per heavy atom. The molecule has 0 aromatic heterocycles. The SMILES string of the molecule is CC1(C)CCC(C)(C)c2cc(SC#Cc3ccc(C(=O)O)cc3)ccc21. The van der Waals surface area contributed by atoms with Crippen LogP contribution in [0.5, 0.6) is 0 Å². The fourth-order valence-electron chi connectivity index (χ4n) is 3.47. The van der Waals surface area contributed by atoms with E-state index in [1.807, 2.05) is 0 Å². The number of aromatic carboxylic acids is 1. The van der Waals surface area contributed by atoms with Crippen LogP contribution in [-0.4, -0.2) is 11.1 Å². The highest BCUT2D eigenvalue weighted by Crippen LogP contribution is 2.46. The lowest BCUT2D eigenvalue weighted by atomic mass is 9.63. The minimum atomic E-state index is -0.918. The number of carbonyl (C=O) groups is 1. The smallest absolute Gasteiger partial charge is 0.335 e. The number of hydrogen-bond donors (Lipinski definition) is 1. The molecule has 1 aliphatic rings. The first-order valence-electron chi connectivity index (χ1n) is 8.85. The second-order valence-corrected chi connectivity index (χ2v) is 9.07. The lowest BCUT2D eigenvalue weighted by Gasteiger charge is -2.42. The summed E-state index contributed by atoms with van der Waals surface area (Å²) < 4.78 is 0. The van der Waals surface area contributed by atoms with E-state index in [0.29, 0.717) is 0 Å². The molecule has 1 N–H and O–H groups in total. The van der Waals surface area contributed by atoms with Crippen LogP contribution in [0.1, 0.15) is 67.6 Å². The van der Waals surface area contributed by atoms with Gasteiger partial charge in [0, 0.05) is 10.5 Å². The van der Waals surface area contributed by atoms with Gasteiger partial charge in [-0.05, 0) is 88.2 Å². The molecule has 2 aromatic rings. The van der Waals surface area contributed by atoms with Gasteiger partial charge >= 0.3 is 5.97 Å². The quantitative estimate of drug-likeness (QED) is 0.538. The largest absolute Gasteiger partial charge is 0.478 e. The third-order valence-electron chi connectivity index (χ3n) is 5.32. The first-order chi connectivity index (χ1) is 12.2. The lowest BCUT2D eigenvalue weighted by Crippen LogP contribution is -2.33. The molecule has 0 radical (unpaired) electrons. The van der Waals surface area contributed by atoms with Crippen LogP contribution in [0.3, 0.4) is 0 Å². The molecule has 0 atom stereocenters. The number of fused-ring (bicyclic) bond motifs is 1. The summed E-state index contributed by atoms with van der Waals surface area (Å²) in [4.78, 5) is 12.0. The summed E-state index contributed by atoms with van der Waals surface area (Å²) in [7, 11) is 0. The molecule has 0 unspecified atom stereocenters. The second kappa shape index (κ2) is 6.85. The highest BCUT2D eigenvalue weighted by atomic mass is 32.2. The van der Waals surface area contributed by atoms with E-state index in [9.17, 15) is 4.79 Å². The summed E-state index contributed by atoms with van der Waals surface area (Å²) in [6.07, 6.45) is 2.41. The van der Waals surface area contributed by atoms with Crippen molar-refractivity contribution in [1.29, 1.82) is 0 Å². The molecule has 0 bridgehead atoms. The van der Waals surface area contributed by atoms with Gasteiger partial charge in [-0.2, -0.15) is 0 Å². The predicted octanol–water partition coefficient (Wildman–Crippen LogP) is 5.84. The van der Waals surface area contributed by atoms with E-state index in [1.54, 1.807) is 24.3 Å². The lowest BCUT2D eigenvalue weighted by molar-refractivity contribution is 0.0697. The molecule has 0 aliphatic heterocycles. The zero-order valence-corrected chi connectivity index (χ0v) is 16.5. The van der Waals surface area contributed by atoms with Crippen LogP contribution >= 0.6 is 11.8 Å². The molecular formula is C23H24O2S. The van der Waals surface area contributed by atoms with Crippen LogP contribution in [0.2, 0.25) is 0 Å². The van der Waals surface area contributed by atoms with E-state index in [2.05, 4.69) is 57.1 Å². The second-order valence-electron chi connectivity index (χ2n) is 8.19. The van der Waals surface area contributed by atoms with Crippen molar-refractivity contribution in [3.05, 3.63) is 64.7 Å². The molecule has 2 nitrogen and oxygen atoms in total. The first-order valence-corrected chi connectivity index (χ1v) is 9.67. The van der Waals surface area contributed by atoms with Crippen molar-refractivity contribution in [3.63, 3.8) is 0 Å². The van der Waals surface area contributed by atoms with Crippen LogP contribution in [0.25, 0.3) is 0 Å². The van der Waals surface area contributed by atoms with E-state index in [-0.39, 0.29) is 16.4 Å². The highest BCUT2D eigenvalue weighted by molar-refractivity contribution is 8.04. The van der Waals surface area contributed by atoms with E-state index in [4.69, 9.17) is 5.11 Å². The van der Waals surface area contributed by atoms with Crippen LogP contribution < -0.4 is 0 Å². The van der Waals surface area contributed by atoms with Gasteiger partial charge in [0.25, 0.3) is 0 Å². The topological polar surface area (TPSA) is 37.3 Å². The van der Waals surface area contributed by atoms with E-state index in [0.717, 1.165) is 10.5 Å². The third-order valence-corrected chi connectivity index (χ3v) is 6.01. The zero-order valence-electron chi connectivity index (χ0n) is 15.7. The maximum atomic E-state index is 10.9. The number of carboxylic acids is 1. The fraction of sp³-hybridized carbons (Fsp3) is 0.348. The Labute approximate surface area is 160 Å². The number of rotatable bonds is 2. The summed E-state index contributed by atoms with van der Waals surface area (Å²) in [6.45, 7) is 9.30. The molecule has 3 rings (SSSR count). The Hall–Kier alpha value is -2.18. The molecule has 0 saturated heterocycles. The van der Waals surface area contributed by atoms with Gasteiger partial charge in [-0.1, -0.05) is 39.7 Å². The van der Waals surface area contributed by atoms with Crippen LogP contribution in [0.15, 0.2) is 47.4 Å². The van der Waals surface area contributed by atoms with Crippen molar-refractivity contribution >= 4 is 17.7 Å². The summed E-state index contributed by atoms with van der Waals surface area (Å²) in [5.41, 5.74) is 4.42. The van der Waals surface area contributed by atoms with Gasteiger partial charge in [0.05, 0.1) is 5.56 Å². The Bertz CT molecular complexity index is 896. The first kappa shape index (κ1) is 18.6. The number of hydrogen-bond acceptors (Lipinski definition) is 2. The third kappa shape index (κ3) is 3.81. The Balaban J connectivity index is 1.81. The van der Waals surface area contributed by atoms with Gasteiger partial charge in [0.15, 0.2) is 0 Å². The summed E-state index contributed by atoms with van der Waals surface area (Å²) >= 11 is 1.52. The maximum absolute atomic E-state index is 10.9. The minimum Gasteiger partial charge on any atom is -0.478 e. The maximum Gasteiger partial charge on any atom is 0.335 e. The molecule has 1 aliphatic carbocycles. The molecule has 3 heteroatoms. The normalized spacial score (nSPS) is 16.9. The van der Waals surface area contributed by atoms with Crippen molar-refractivity contribution in [1.82, 2.24) is 0 Å². The molecule has 0 fully saturated rings. The van der Waals surface area contributed by atoms with Gasteiger partial charge < -0.3 is 5.11 Å².